The first-order valence-electron chi connectivity index (χ1n) is 12.9. The maximum absolute atomic E-state index is 15.8. The van der Waals surface area contributed by atoms with Crippen LogP contribution in [0.3, 0.4) is 0 Å². The Labute approximate surface area is 218 Å². The summed E-state index contributed by atoms with van der Waals surface area (Å²) in [6, 6.07) is 10.1. The van der Waals surface area contributed by atoms with Gasteiger partial charge in [-0.05, 0) is 43.5 Å². The van der Waals surface area contributed by atoms with Gasteiger partial charge in [-0.2, -0.15) is 5.26 Å². The summed E-state index contributed by atoms with van der Waals surface area (Å²) in [5.41, 5.74) is -0.313. The number of aromatic nitrogens is 1. The highest BCUT2D eigenvalue weighted by molar-refractivity contribution is 5.85. The van der Waals surface area contributed by atoms with Crippen molar-refractivity contribution >= 4 is 16.6 Å². The number of halogens is 4. The summed E-state index contributed by atoms with van der Waals surface area (Å²) >= 11 is 0. The lowest BCUT2D eigenvalue weighted by Gasteiger charge is -2.43. The highest BCUT2D eigenvalue weighted by Gasteiger charge is 2.43. The zero-order valence-electron chi connectivity index (χ0n) is 21.2. The minimum atomic E-state index is -2.59. The molecule has 3 atom stereocenters. The average Bonchev–Trinajstić information content (AvgIpc) is 3.24. The van der Waals surface area contributed by atoms with Crippen molar-refractivity contribution in [2.75, 3.05) is 44.8 Å². The number of fused-ring (bicyclic) bond motifs is 3. The SMILES string of the molecule is C[C@@H]1Cc2c([nH]c3ccccc23)[C@@H](c2c(F)cc(NC3CN(CCCF)C3)cc2F)N1C[C@](F)(C#N)CO. The second-order valence-electron chi connectivity index (χ2n) is 10.4. The van der Waals surface area contributed by atoms with Crippen LogP contribution in [0, 0.1) is 23.0 Å². The molecular weight excluding hydrogens is 498 g/mol. The summed E-state index contributed by atoms with van der Waals surface area (Å²) < 4.78 is 59.1. The first-order valence-corrected chi connectivity index (χ1v) is 12.9. The second-order valence-corrected chi connectivity index (χ2v) is 10.4. The van der Waals surface area contributed by atoms with Crippen molar-refractivity contribution in [2.24, 2.45) is 0 Å². The lowest BCUT2D eigenvalue weighted by atomic mass is 9.87. The number of anilines is 1. The quantitative estimate of drug-likeness (QED) is 0.357. The van der Waals surface area contributed by atoms with E-state index in [1.54, 1.807) is 4.90 Å². The van der Waals surface area contributed by atoms with Gasteiger partial charge in [0.15, 0.2) is 0 Å². The van der Waals surface area contributed by atoms with Crippen LogP contribution < -0.4 is 5.32 Å². The molecule has 0 saturated carbocycles. The van der Waals surface area contributed by atoms with Crippen LogP contribution in [0.25, 0.3) is 10.9 Å². The lowest BCUT2D eigenvalue weighted by Crippen LogP contribution is -2.54. The molecule has 0 radical (unpaired) electrons. The number of para-hydroxylation sites is 1. The number of hydrogen-bond acceptors (Lipinski definition) is 5. The van der Waals surface area contributed by atoms with Crippen molar-refractivity contribution in [1.82, 2.24) is 14.8 Å². The fourth-order valence-electron chi connectivity index (χ4n) is 5.77. The smallest absolute Gasteiger partial charge is 0.231 e. The standard InChI is InChI=1S/C28H31F4N5O/c1-17-9-21-20-5-2-3-6-24(20)35-26(21)27(37(17)15-28(32,14-33)16-38)25-22(30)10-18(11-23(25)31)34-19-12-36(13-19)8-4-7-29/h2-3,5-6,10-11,17,19,27,34-35,38H,4,7-9,12-13,15-16H2,1H3/t17-,27-,28-/m1/s1. The molecule has 10 heteroatoms. The number of nitrogens with one attached hydrogen (secondary N) is 2. The monoisotopic (exact) mass is 529 g/mol. The molecule has 3 aromatic rings. The van der Waals surface area contributed by atoms with Gasteiger partial charge in [0.2, 0.25) is 5.67 Å². The van der Waals surface area contributed by atoms with Gasteiger partial charge in [-0.3, -0.25) is 14.2 Å². The summed E-state index contributed by atoms with van der Waals surface area (Å²) in [5.74, 6) is -1.58. The van der Waals surface area contributed by atoms with Gasteiger partial charge in [0.05, 0.1) is 25.4 Å². The third kappa shape index (κ3) is 4.86. The van der Waals surface area contributed by atoms with Crippen molar-refractivity contribution in [3.8, 4) is 6.07 Å². The van der Waals surface area contributed by atoms with Gasteiger partial charge in [-0.25, -0.2) is 13.2 Å². The Bertz CT molecular complexity index is 1330. The molecule has 38 heavy (non-hydrogen) atoms. The lowest BCUT2D eigenvalue weighted by molar-refractivity contribution is 0.0383. The van der Waals surface area contributed by atoms with Gasteiger partial charge in [0.1, 0.15) is 17.7 Å². The molecule has 1 aromatic heterocycles. The molecule has 5 rings (SSSR count). The van der Waals surface area contributed by atoms with Gasteiger partial charge >= 0.3 is 0 Å². The zero-order valence-corrected chi connectivity index (χ0v) is 21.2. The number of aliphatic hydroxyl groups is 1. The van der Waals surface area contributed by atoms with Crippen molar-refractivity contribution in [3.05, 3.63) is 64.9 Å². The van der Waals surface area contributed by atoms with E-state index in [1.807, 2.05) is 31.2 Å². The van der Waals surface area contributed by atoms with Crippen LogP contribution in [-0.4, -0.2) is 77.1 Å². The summed E-state index contributed by atoms with van der Waals surface area (Å²) in [6.45, 7) is 1.86. The molecule has 1 saturated heterocycles. The number of likely N-dealkylation sites (tertiary alicyclic amines) is 1. The van der Waals surface area contributed by atoms with E-state index in [9.17, 15) is 14.8 Å². The van der Waals surface area contributed by atoms with E-state index >= 15 is 13.2 Å². The van der Waals surface area contributed by atoms with Crippen LogP contribution in [0.1, 0.15) is 36.2 Å². The second kappa shape index (κ2) is 10.6. The number of aromatic amines is 1. The number of alkyl halides is 2. The summed E-state index contributed by atoms with van der Waals surface area (Å²) in [6.07, 6.45) is 0.936. The Balaban J connectivity index is 1.51. The Kier molecular flexibility index (Phi) is 7.36. The average molecular weight is 530 g/mol. The third-order valence-corrected chi connectivity index (χ3v) is 7.69. The number of aliphatic hydroxyl groups excluding tert-OH is 1. The number of benzene rings is 2. The number of hydrogen-bond donors (Lipinski definition) is 3. The fraction of sp³-hybridized carbons (Fsp3) is 0.464. The van der Waals surface area contributed by atoms with Gasteiger partial charge in [0, 0.05) is 60.1 Å². The zero-order chi connectivity index (χ0) is 27.0. The number of H-pyrrole nitrogens is 1. The molecule has 1 fully saturated rings. The van der Waals surface area contributed by atoms with Gasteiger partial charge in [-0.15, -0.1) is 0 Å². The first kappa shape index (κ1) is 26.5. The van der Waals surface area contributed by atoms with Crippen molar-refractivity contribution in [2.45, 2.75) is 43.6 Å². The molecule has 0 unspecified atom stereocenters. The summed E-state index contributed by atoms with van der Waals surface area (Å²) in [7, 11) is 0. The van der Waals surface area contributed by atoms with Gasteiger partial charge < -0.3 is 15.4 Å². The number of rotatable bonds is 9. The van der Waals surface area contributed by atoms with Gasteiger partial charge in [-0.1, -0.05) is 18.2 Å². The van der Waals surface area contributed by atoms with E-state index in [0.29, 0.717) is 43.9 Å². The molecule has 2 aromatic carbocycles. The van der Waals surface area contributed by atoms with E-state index in [-0.39, 0.29) is 24.3 Å². The van der Waals surface area contributed by atoms with Crippen LogP contribution in [-0.2, 0) is 6.42 Å². The van der Waals surface area contributed by atoms with Crippen molar-refractivity contribution in [1.29, 1.82) is 5.26 Å². The largest absolute Gasteiger partial charge is 0.392 e. The Morgan fingerprint density at radius 3 is 2.58 bits per heavy atom. The van der Waals surface area contributed by atoms with Crippen LogP contribution in [0.5, 0.6) is 0 Å². The Morgan fingerprint density at radius 1 is 1.21 bits per heavy atom. The summed E-state index contributed by atoms with van der Waals surface area (Å²) in [4.78, 5) is 6.91. The van der Waals surface area contributed by atoms with Crippen molar-refractivity contribution in [3.63, 3.8) is 0 Å². The molecule has 2 aliphatic rings. The van der Waals surface area contributed by atoms with E-state index in [1.165, 1.54) is 18.2 Å². The maximum Gasteiger partial charge on any atom is 0.231 e. The summed E-state index contributed by atoms with van der Waals surface area (Å²) in [5, 5.41) is 23.0. The molecule has 6 nitrogen and oxygen atoms in total. The van der Waals surface area contributed by atoms with E-state index < -0.39 is 36.5 Å². The topological polar surface area (TPSA) is 78.3 Å². The van der Waals surface area contributed by atoms with Crippen molar-refractivity contribution < 1.29 is 22.7 Å². The molecule has 0 spiro atoms. The Hall–Kier alpha value is -3.13. The predicted octanol–water partition coefficient (Wildman–Crippen LogP) is 4.46. The molecule has 0 aliphatic carbocycles. The number of nitrogens with zero attached hydrogens (tertiary/aromatic N) is 3. The van der Waals surface area contributed by atoms with Crippen LogP contribution in [0.15, 0.2) is 36.4 Å². The van der Waals surface area contributed by atoms with Crippen LogP contribution in [0.2, 0.25) is 0 Å². The fourth-order valence-corrected chi connectivity index (χ4v) is 5.77. The molecule has 3 N–H and O–H groups in total. The molecular formula is C28H31F4N5O. The third-order valence-electron chi connectivity index (χ3n) is 7.69. The minimum absolute atomic E-state index is 0.00175. The van der Waals surface area contributed by atoms with E-state index in [4.69, 9.17) is 0 Å². The molecule has 2 aliphatic heterocycles. The van der Waals surface area contributed by atoms with E-state index in [2.05, 4.69) is 15.2 Å². The molecule has 0 amide bonds. The minimum Gasteiger partial charge on any atom is -0.392 e. The maximum atomic E-state index is 15.8. The van der Waals surface area contributed by atoms with E-state index in [0.717, 1.165) is 16.5 Å². The Morgan fingerprint density at radius 2 is 1.92 bits per heavy atom. The molecule has 202 valence electrons. The normalized spacial score (nSPS) is 22.0. The van der Waals surface area contributed by atoms with Crippen LogP contribution >= 0.6 is 0 Å². The van der Waals surface area contributed by atoms with Crippen LogP contribution in [0.4, 0.5) is 23.2 Å². The number of nitriles is 1. The highest BCUT2D eigenvalue weighted by Crippen LogP contribution is 2.43. The van der Waals surface area contributed by atoms with Gasteiger partial charge in [0.25, 0.3) is 0 Å². The molecule has 3 heterocycles. The molecule has 0 bridgehead atoms. The first-order chi connectivity index (χ1) is 18.3. The highest BCUT2D eigenvalue weighted by atomic mass is 19.1. The predicted molar refractivity (Wildman–Crippen MR) is 137 cm³/mol.